The van der Waals surface area contributed by atoms with E-state index >= 15 is 0 Å². The van der Waals surface area contributed by atoms with Crippen molar-refractivity contribution in [2.75, 3.05) is 37.7 Å². The van der Waals surface area contributed by atoms with Gasteiger partial charge in [0.05, 0.1) is 6.61 Å². The molecule has 0 spiro atoms. The summed E-state index contributed by atoms with van der Waals surface area (Å²) in [6.07, 6.45) is 2.73. The van der Waals surface area contributed by atoms with Gasteiger partial charge in [-0.05, 0) is 12.1 Å². The second-order valence-electron chi connectivity index (χ2n) is 5.76. The van der Waals surface area contributed by atoms with Crippen LogP contribution in [0.5, 0.6) is 5.88 Å². The Balaban J connectivity index is 1.42. The summed E-state index contributed by atoms with van der Waals surface area (Å²) in [6.45, 7) is 4.44. The van der Waals surface area contributed by atoms with Gasteiger partial charge in [0.1, 0.15) is 5.82 Å². The van der Waals surface area contributed by atoms with E-state index in [1.165, 1.54) is 0 Å². The van der Waals surface area contributed by atoms with Crippen molar-refractivity contribution in [2.45, 2.75) is 13.0 Å². The second kappa shape index (κ2) is 5.91. The topological polar surface area (TPSA) is 63.5 Å². The number of aryl methyl sites for hydroxylation is 1. The average molecular weight is 313 g/mol. The molecule has 2 aromatic heterocycles. The largest absolute Gasteiger partial charge is 0.478 e. The van der Waals surface area contributed by atoms with E-state index in [0.717, 1.165) is 31.9 Å². The third kappa shape index (κ3) is 2.74. The Morgan fingerprint density at radius 3 is 2.74 bits per heavy atom. The van der Waals surface area contributed by atoms with Crippen molar-refractivity contribution in [3.05, 3.63) is 36.2 Å². The lowest BCUT2D eigenvalue weighted by atomic mass is 10.2. The predicted octanol–water partition coefficient (Wildman–Crippen LogP) is 1.02. The zero-order valence-corrected chi connectivity index (χ0v) is 12.9. The zero-order valence-electron chi connectivity index (χ0n) is 12.9. The van der Waals surface area contributed by atoms with Crippen molar-refractivity contribution in [1.29, 1.82) is 0 Å². The number of piperazine rings is 1. The molecule has 0 bridgehead atoms. The molecule has 7 nitrogen and oxygen atoms in total. The Bertz CT molecular complexity index is 668. The zero-order chi connectivity index (χ0) is 15.6. The van der Waals surface area contributed by atoms with Gasteiger partial charge in [0.15, 0.2) is 5.69 Å². The molecular weight excluding hydrogens is 294 g/mol. The number of nitrogens with zero attached hydrogens (tertiary/aromatic N) is 5. The van der Waals surface area contributed by atoms with Crippen LogP contribution in [-0.2, 0) is 6.54 Å². The molecule has 0 atom stereocenters. The van der Waals surface area contributed by atoms with Gasteiger partial charge in [-0.1, -0.05) is 6.07 Å². The van der Waals surface area contributed by atoms with Crippen molar-refractivity contribution in [3.63, 3.8) is 0 Å². The van der Waals surface area contributed by atoms with Crippen LogP contribution in [0.2, 0.25) is 0 Å². The monoisotopic (exact) mass is 313 g/mol. The van der Waals surface area contributed by atoms with Crippen molar-refractivity contribution in [3.8, 4) is 5.88 Å². The molecule has 0 aromatic carbocycles. The average Bonchev–Trinajstić information content (AvgIpc) is 3.06. The highest BCUT2D eigenvalue weighted by molar-refractivity contribution is 5.92. The van der Waals surface area contributed by atoms with Crippen LogP contribution in [0, 0.1) is 0 Å². The number of amides is 1. The molecule has 1 amide bonds. The number of fused-ring (bicyclic) bond motifs is 1. The summed E-state index contributed by atoms with van der Waals surface area (Å²) in [5, 5.41) is 4.38. The molecule has 120 valence electrons. The van der Waals surface area contributed by atoms with Gasteiger partial charge in [0, 0.05) is 51.4 Å². The highest BCUT2D eigenvalue weighted by atomic mass is 16.5. The lowest BCUT2D eigenvalue weighted by Gasteiger charge is -2.35. The molecule has 0 aliphatic carbocycles. The summed E-state index contributed by atoms with van der Waals surface area (Å²) >= 11 is 0. The number of hydrogen-bond donors (Lipinski definition) is 0. The van der Waals surface area contributed by atoms with E-state index in [9.17, 15) is 4.79 Å². The molecule has 23 heavy (non-hydrogen) atoms. The SMILES string of the molecule is O=C(c1cc2n(n1)CCCO2)N1CCN(c2ccccn2)CC1. The van der Waals surface area contributed by atoms with E-state index in [1.54, 1.807) is 16.9 Å². The van der Waals surface area contributed by atoms with E-state index < -0.39 is 0 Å². The van der Waals surface area contributed by atoms with Crippen molar-refractivity contribution in [1.82, 2.24) is 19.7 Å². The van der Waals surface area contributed by atoms with Gasteiger partial charge in [-0.2, -0.15) is 5.10 Å². The van der Waals surface area contributed by atoms with Gasteiger partial charge in [0.2, 0.25) is 5.88 Å². The summed E-state index contributed by atoms with van der Waals surface area (Å²) in [4.78, 5) is 21.0. The quantitative estimate of drug-likeness (QED) is 0.828. The highest BCUT2D eigenvalue weighted by Crippen LogP contribution is 2.20. The lowest BCUT2D eigenvalue weighted by molar-refractivity contribution is 0.0739. The molecule has 0 radical (unpaired) electrons. The van der Waals surface area contributed by atoms with Crippen LogP contribution in [-0.4, -0.2) is 58.4 Å². The van der Waals surface area contributed by atoms with Gasteiger partial charge >= 0.3 is 0 Å². The minimum Gasteiger partial charge on any atom is -0.478 e. The molecule has 4 heterocycles. The number of hydrogen-bond acceptors (Lipinski definition) is 5. The van der Waals surface area contributed by atoms with Gasteiger partial charge in [-0.3, -0.25) is 4.79 Å². The molecule has 7 heteroatoms. The maximum atomic E-state index is 12.6. The van der Waals surface area contributed by atoms with Crippen LogP contribution in [0.1, 0.15) is 16.9 Å². The van der Waals surface area contributed by atoms with Gasteiger partial charge in [-0.15, -0.1) is 0 Å². The number of pyridine rings is 1. The molecule has 2 aromatic rings. The van der Waals surface area contributed by atoms with Crippen LogP contribution < -0.4 is 9.64 Å². The number of ether oxygens (including phenoxy) is 1. The van der Waals surface area contributed by atoms with Gasteiger partial charge < -0.3 is 14.5 Å². The maximum Gasteiger partial charge on any atom is 0.274 e. The number of rotatable bonds is 2. The van der Waals surface area contributed by atoms with Crippen LogP contribution in [0.4, 0.5) is 5.82 Å². The first-order chi connectivity index (χ1) is 11.3. The Morgan fingerprint density at radius 2 is 2.00 bits per heavy atom. The van der Waals surface area contributed by atoms with Crippen molar-refractivity contribution in [2.24, 2.45) is 0 Å². The Labute approximate surface area is 134 Å². The molecule has 2 aliphatic heterocycles. The van der Waals surface area contributed by atoms with E-state index in [-0.39, 0.29) is 5.91 Å². The molecule has 0 saturated carbocycles. The Kier molecular flexibility index (Phi) is 3.61. The minimum atomic E-state index is -0.0174. The first-order valence-electron chi connectivity index (χ1n) is 7.97. The van der Waals surface area contributed by atoms with Gasteiger partial charge in [0.25, 0.3) is 5.91 Å². The number of aromatic nitrogens is 3. The molecule has 0 unspecified atom stereocenters. The maximum absolute atomic E-state index is 12.6. The number of carbonyl (C=O) groups excluding carboxylic acids is 1. The molecule has 2 aliphatic rings. The van der Waals surface area contributed by atoms with Gasteiger partial charge in [-0.25, -0.2) is 9.67 Å². The first kappa shape index (κ1) is 14.0. The standard InChI is InChI=1S/C16H19N5O2/c22-16(13-12-15-21(18-13)6-3-11-23-15)20-9-7-19(8-10-20)14-4-1-2-5-17-14/h1-2,4-5,12H,3,6-11H2. The number of anilines is 1. The molecular formula is C16H19N5O2. The fourth-order valence-corrected chi connectivity index (χ4v) is 3.01. The summed E-state index contributed by atoms with van der Waals surface area (Å²) in [5.41, 5.74) is 0.480. The van der Waals surface area contributed by atoms with E-state index in [1.807, 2.05) is 23.1 Å². The fraction of sp³-hybridized carbons (Fsp3) is 0.438. The lowest BCUT2D eigenvalue weighted by Crippen LogP contribution is -2.49. The summed E-state index contributed by atoms with van der Waals surface area (Å²) in [5.74, 6) is 1.65. The highest BCUT2D eigenvalue weighted by Gasteiger charge is 2.26. The third-order valence-corrected chi connectivity index (χ3v) is 4.27. The predicted molar refractivity (Wildman–Crippen MR) is 84.7 cm³/mol. The van der Waals surface area contributed by atoms with E-state index in [4.69, 9.17) is 4.74 Å². The Morgan fingerprint density at radius 1 is 1.13 bits per heavy atom. The van der Waals surface area contributed by atoms with Crippen molar-refractivity contribution >= 4 is 11.7 Å². The molecule has 1 saturated heterocycles. The molecule has 0 N–H and O–H groups in total. The summed E-state index contributed by atoms with van der Waals surface area (Å²) < 4.78 is 7.31. The second-order valence-corrected chi connectivity index (χ2v) is 5.76. The van der Waals surface area contributed by atoms with Crippen LogP contribution in [0.3, 0.4) is 0 Å². The summed E-state index contributed by atoms with van der Waals surface area (Å²) in [7, 11) is 0. The Hall–Kier alpha value is -2.57. The smallest absolute Gasteiger partial charge is 0.274 e. The van der Waals surface area contributed by atoms with Crippen LogP contribution in [0.25, 0.3) is 0 Å². The molecule has 4 rings (SSSR count). The first-order valence-corrected chi connectivity index (χ1v) is 7.97. The normalized spacial score (nSPS) is 17.6. The van der Waals surface area contributed by atoms with Crippen molar-refractivity contribution < 1.29 is 9.53 Å². The van der Waals surface area contributed by atoms with Crippen LogP contribution >= 0.6 is 0 Å². The molecule has 1 fully saturated rings. The van der Waals surface area contributed by atoms with E-state index in [2.05, 4.69) is 15.0 Å². The fourth-order valence-electron chi connectivity index (χ4n) is 3.01. The minimum absolute atomic E-state index is 0.0174. The third-order valence-electron chi connectivity index (χ3n) is 4.27. The summed E-state index contributed by atoms with van der Waals surface area (Å²) in [6, 6.07) is 7.65. The van der Waals surface area contributed by atoms with Crippen LogP contribution in [0.15, 0.2) is 30.5 Å². The van der Waals surface area contributed by atoms with E-state index in [0.29, 0.717) is 31.3 Å². The number of carbonyl (C=O) groups is 1.